The normalized spacial score (nSPS) is 12.4. The average Bonchev–Trinajstić information content (AvgIpc) is 3.51. The molecule has 0 amide bonds. The molecule has 0 aliphatic heterocycles. The number of hydrogen-bond acceptors (Lipinski definition) is 5. The Morgan fingerprint density at radius 3 is 0.726 bits per heavy atom. The van der Waals surface area contributed by atoms with Crippen LogP contribution in [0.15, 0.2) is 48.6 Å². The molecule has 5 nitrogen and oxygen atoms in total. The van der Waals surface area contributed by atoms with Gasteiger partial charge in [-0.2, -0.15) is 0 Å². The maximum atomic E-state index is 12.4. The van der Waals surface area contributed by atoms with E-state index in [4.69, 9.17) is 9.47 Å². The third-order valence-electron chi connectivity index (χ3n) is 17.6. The van der Waals surface area contributed by atoms with Gasteiger partial charge in [-0.05, 0) is 77.0 Å². The molecule has 0 fully saturated rings. The lowest BCUT2D eigenvalue weighted by atomic mass is 10.0. The van der Waals surface area contributed by atoms with E-state index >= 15 is 0 Å². The van der Waals surface area contributed by atoms with E-state index in [1.165, 1.54) is 353 Å². The van der Waals surface area contributed by atoms with Gasteiger partial charge in [0.05, 0.1) is 6.61 Å². The fourth-order valence-electron chi connectivity index (χ4n) is 11.9. The topological polar surface area (TPSA) is 72.8 Å². The highest BCUT2D eigenvalue weighted by Crippen LogP contribution is 2.19. The van der Waals surface area contributed by atoms with E-state index in [-0.39, 0.29) is 25.2 Å². The Morgan fingerprint density at radius 1 is 0.274 bits per heavy atom. The first-order chi connectivity index (χ1) is 41.6. The zero-order valence-electron chi connectivity index (χ0n) is 56.9. The summed E-state index contributed by atoms with van der Waals surface area (Å²) in [6.45, 7) is 4.19. The van der Waals surface area contributed by atoms with Gasteiger partial charge in [-0.3, -0.25) is 9.59 Å². The SMILES string of the molecule is CCCCCCC/C=C\C/C=C\C/C=C\CCCCCCCCCCCCCCCCCCCCC(=O)OC(CO)COC(=O)CCCCCCCCCCCCCCCCCCCCCCCCCCC/C=C\CCCCCCCCCC. The maximum Gasteiger partial charge on any atom is 0.306 e. The largest absolute Gasteiger partial charge is 0.462 e. The standard InChI is InChI=1S/C79H148O5/c1-3-5-7-9-11-13-15-17-19-21-23-25-27-29-31-33-35-37-38-39-40-42-43-45-47-49-51-53-55-57-59-61-63-65-67-69-71-73-78(81)83-76-77(75-80)84-79(82)74-72-70-68-66-64-62-60-58-56-54-52-50-48-46-44-41-36-34-32-30-28-26-24-22-20-18-16-14-12-10-8-6-4-2/h16,18,21-24,28,30,77,80H,3-15,17,19-20,25-27,29,31-76H2,1-2H3/b18-16-,23-21-,24-22-,30-28-. The van der Waals surface area contributed by atoms with Crippen molar-refractivity contribution in [2.75, 3.05) is 13.2 Å². The third kappa shape index (κ3) is 72.3. The fraction of sp³-hybridized carbons (Fsp3) is 0.873. The predicted octanol–water partition coefficient (Wildman–Crippen LogP) is 26.7. The molecule has 0 aromatic carbocycles. The Morgan fingerprint density at radius 2 is 0.476 bits per heavy atom. The van der Waals surface area contributed by atoms with Crippen LogP contribution in [0.4, 0.5) is 0 Å². The van der Waals surface area contributed by atoms with Crippen molar-refractivity contribution in [3.63, 3.8) is 0 Å². The van der Waals surface area contributed by atoms with Crippen LogP contribution in [0.25, 0.3) is 0 Å². The van der Waals surface area contributed by atoms with E-state index in [0.717, 1.165) is 44.9 Å². The number of carbonyl (C=O) groups is 2. The molecule has 1 N–H and O–H groups in total. The smallest absolute Gasteiger partial charge is 0.306 e. The Balaban J connectivity index is 3.38. The number of aliphatic hydroxyl groups excluding tert-OH is 1. The van der Waals surface area contributed by atoms with E-state index in [0.29, 0.717) is 12.8 Å². The fourth-order valence-corrected chi connectivity index (χ4v) is 11.9. The first kappa shape index (κ1) is 81.9. The lowest BCUT2D eigenvalue weighted by molar-refractivity contribution is -0.161. The van der Waals surface area contributed by atoms with Crippen molar-refractivity contribution in [2.24, 2.45) is 0 Å². The first-order valence-corrected chi connectivity index (χ1v) is 38.2. The van der Waals surface area contributed by atoms with Crippen molar-refractivity contribution in [3.05, 3.63) is 48.6 Å². The van der Waals surface area contributed by atoms with Crippen LogP contribution < -0.4 is 0 Å². The van der Waals surface area contributed by atoms with Crippen LogP contribution in [-0.4, -0.2) is 36.4 Å². The number of aliphatic hydroxyl groups is 1. The number of esters is 2. The Hall–Kier alpha value is -2.14. The van der Waals surface area contributed by atoms with Gasteiger partial charge in [0.1, 0.15) is 6.61 Å². The lowest BCUT2D eigenvalue weighted by Gasteiger charge is -2.15. The van der Waals surface area contributed by atoms with Crippen LogP contribution in [0, 0.1) is 0 Å². The lowest BCUT2D eigenvalue weighted by Crippen LogP contribution is -2.28. The van der Waals surface area contributed by atoms with Crippen LogP contribution in [0.2, 0.25) is 0 Å². The summed E-state index contributed by atoms with van der Waals surface area (Å²) in [7, 11) is 0. The van der Waals surface area contributed by atoms with Crippen molar-refractivity contribution < 1.29 is 24.2 Å². The second-order valence-electron chi connectivity index (χ2n) is 26.1. The van der Waals surface area contributed by atoms with Gasteiger partial charge in [-0.25, -0.2) is 0 Å². The van der Waals surface area contributed by atoms with Gasteiger partial charge >= 0.3 is 11.9 Å². The van der Waals surface area contributed by atoms with Gasteiger partial charge in [-0.15, -0.1) is 0 Å². The second-order valence-corrected chi connectivity index (χ2v) is 26.1. The average molecular weight is 1180 g/mol. The summed E-state index contributed by atoms with van der Waals surface area (Å²) in [6, 6.07) is 0. The van der Waals surface area contributed by atoms with E-state index in [2.05, 4.69) is 62.5 Å². The molecule has 0 saturated carbocycles. The minimum atomic E-state index is -0.771. The van der Waals surface area contributed by atoms with E-state index in [1.54, 1.807) is 0 Å². The van der Waals surface area contributed by atoms with E-state index < -0.39 is 6.10 Å². The summed E-state index contributed by atoms with van der Waals surface area (Å²) in [4.78, 5) is 24.7. The molecular formula is C79H148O5. The van der Waals surface area contributed by atoms with Gasteiger partial charge < -0.3 is 14.6 Å². The number of ether oxygens (including phenoxy) is 2. The molecule has 84 heavy (non-hydrogen) atoms. The quantitative estimate of drug-likeness (QED) is 0.0373. The molecule has 0 aliphatic rings. The number of allylic oxidation sites excluding steroid dienone is 8. The summed E-state index contributed by atoms with van der Waals surface area (Å²) < 4.78 is 10.8. The first-order valence-electron chi connectivity index (χ1n) is 38.2. The molecule has 0 aliphatic carbocycles. The molecule has 0 spiro atoms. The van der Waals surface area contributed by atoms with Gasteiger partial charge in [0, 0.05) is 12.8 Å². The predicted molar refractivity (Wildman–Crippen MR) is 371 cm³/mol. The minimum absolute atomic E-state index is 0.0599. The highest BCUT2D eigenvalue weighted by atomic mass is 16.6. The second kappa shape index (κ2) is 75.1. The summed E-state index contributed by atoms with van der Waals surface area (Å²) >= 11 is 0. The molecule has 0 aromatic heterocycles. The highest BCUT2D eigenvalue weighted by molar-refractivity contribution is 5.70. The van der Waals surface area contributed by atoms with Gasteiger partial charge in [0.25, 0.3) is 0 Å². The molecule has 0 radical (unpaired) electrons. The number of rotatable bonds is 72. The Bertz CT molecular complexity index is 1380. The van der Waals surface area contributed by atoms with E-state index in [9.17, 15) is 14.7 Å². The number of hydrogen-bond donors (Lipinski definition) is 1. The van der Waals surface area contributed by atoms with Gasteiger partial charge in [0.2, 0.25) is 0 Å². The van der Waals surface area contributed by atoms with Crippen molar-refractivity contribution in [2.45, 2.75) is 431 Å². The Labute approximate surface area is 526 Å². The molecule has 0 heterocycles. The maximum absolute atomic E-state index is 12.4. The molecule has 1 unspecified atom stereocenters. The van der Waals surface area contributed by atoms with Crippen molar-refractivity contribution in [1.82, 2.24) is 0 Å². The third-order valence-corrected chi connectivity index (χ3v) is 17.6. The molecule has 0 saturated heterocycles. The monoisotopic (exact) mass is 1180 g/mol. The number of unbranched alkanes of at least 4 members (excludes halogenated alkanes) is 56. The van der Waals surface area contributed by atoms with Crippen LogP contribution >= 0.6 is 0 Å². The zero-order valence-corrected chi connectivity index (χ0v) is 56.9. The molecular weight excluding hydrogens is 1030 g/mol. The minimum Gasteiger partial charge on any atom is -0.462 e. The van der Waals surface area contributed by atoms with Crippen LogP contribution in [-0.2, 0) is 19.1 Å². The molecule has 1 atom stereocenters. The van der Waals surface area contributed by atoms with Crippen molar-refractivity contribution in [3.8, 4) is 0 Å². The van der Waals surface area contributed by atoms with Crippen LogP contribution in [0.3, 0.4) is 0 Å². The van der Waals surface area contributed by atoms with Crippen molar-refractivity contribution >= 4 is 11.9 Å². The van der Waals surface area contributed by atoms with Crippen molar-refractivity contribution in [1.29, 1.82) is 0 Å². The summed E-state index contributed by atoms with van der Waals surface area (Å²) in [5, 5.41) is 9.72. The number of carbonyl (C=O) groups excluding carboxylic acids is 2. The molecule has 0 bridgehead atoms. The molecule has 0 rings (SSSR count). The van der Waals surface area contributed by atoms with Crippen LogP contribution in [0.5, 0.6) is 0 Å². The highest BCUT2D eigenvalue weighted by Gasteiger charge is 2.16. The van der Waals surface area contributed by atoms with Crippen LogP contribution in [0.1, 0.15) is 425 Å². The summed E-state index contributed by atoms with van der Waals surface area (Å²) in [5.74, 6) is -0.566. The summed E-state index contributed by atoms with van der Waals surface area (Å²) in [5.41, 5.74) is 0. The van der Waals surface area contributed by atoms with Gasteiger partial charge in [-0.1, -0.05) is 383 Å². The van der Waals surface area contributed by atoms with E-state index in [1.807, 2.05) is 0 Å². The molecule has 494 valence electrons. The molecule has 0 aromatic rings. The van der Waals surface area contributed by atoms with Gasteiger partial charge in [0.15, 0.2) is 6.10 Å². The zero-order chi connectivity index (χ0) is 60.5. The Kier molecular flexibility index (Phi) is 73.2. The summed E-state index contributed by atoms with van der Waals surface area (Å²) in [6.07, 6.45) is 102. The molecule has 5 heteroatoms.